The fourth-order valence-corrected chi connectivity index (χ4v) is 4.80. The van der Waals surface area contributed by atoms with Gasteiger partial charge in [-0.25, -0.2) is 0 Å². The van der Waals surface area contributed by atoms with Crippen LogP contribution in [0, 0.1) is 0 Å². The maximum atomic E-state index is 6.43. The van der Waals surface area contributed by atoms with E-state index in [0.29, 0.717) is 5.92 Å². The molecule has 0 saturated heterocycles. The Kier molecular flexibility index (Phi) is 2.75. The molecule has 2 aliphatic rings. The Hall–Kier alpha value is -1.12. The second kappa shape index (κ2) is 4.46. The summed E-state index contributed by atoms with van der Waals surface area (Å²) >= 11 is 1.96. The maximum Gasteiger partial charge on any atom is 0.0395 e. The first-order valence-corrected chi connectivity index (χ1v) is 8.08. The molecule has 0 amide bonds. The van der Waals surface area contributed by atoms with Crippen LogP contribution < -0.4 is 5.73 Å². The number of hydrogen-bond acceptors (Lipinski definition) is 2. The molecule has 0 radical (unpaired) electrons. The number of thiophene rings is 1. The SMILES string of the molecule is NC(CC1Cc2ccccc21)c1cc2c(s1)CCC2. The van der Waals surface area contributed by atoms with Crippen LogP contribution in [0.2, 0.25) is 0 Å². The first-order chi connectivity index (χ1) is 9.31. The minimum atomic E-state index is 0.231. The molecule has 4 rings (SSSR count). The normalized spacial score (nSPS) is 21.6. The van der Waals surface area contributed by atoms with Crippen LogP contribution >= 0.6 is 11.3 Å². The summed E-state index contributed by atoms with van der Waals surface area (Å²) in [4.78, 5) is 3.01. The van der Waals surface area contributed by atoms with Gasteiger partial charge in [0.25, 0.3) is 0 Å². The van der Waals surface area contributed by atoms with E-state index in [-0.39, 0.29) is 6.04 Å². The van der Waals surface area contributed by atoms with Crippen LogP contribution in [0.3, 0.4) is 0 Å². The number of nitrogens with two attached hydrogens (primary N) is 1. The molecule has 1 aromatic carbocycles. The molecule has 2 atom stereocenters. The number of benzene rings is 1. The van der Waals surface area contributed by atoms with E-state index >= 15 is 0 Å². The highest BCUT2D eigenvalue weighted by Gasteiger charge is 2.28. The Morgan fingerprint density at radius 2 is 2.11 bits per heavy atom. The molecule has 98 valence electrons. The van der Waals surface area contributed by atoms with Crippen LogP contribution in [0.5, 0.6) is 0 Å². The van der Waals surface area contributed by atoms with Gasteiger partial charge in [0, 0.05) is 15.8 Å². The van der Waals surface area contributed by atoms with E-state index in [1.54, 1.807) is 10.4 Å². The third-order valence-electron chi connectivity index (χ3n) is 4.63. The zero-order valence-electron chi connectivity index (χ0n) is 11.1. The smallest absolute Gasteiger partial charge is 0.0395 e. The van der Waals surface area contributed by atoms with Crippen molar-refractivity contribution in [3.05, 3.63) is 56.8 Å². The molecular weight excluding hydrogens is 250 g/mol. The molecule has 2 heteroatoms. The minimum Gasteiger partial charge on any atom is -0.323 e. The van der Waals surface area contributed by atoms with Crippen molar-refractivity contribution in [2.75, 3.05) is 0 Å². The third kappa shape index (κ3) is 1.94. The average Bonchev–Trinajstić information content (AvgIpc) is 2.96. The molecule has 1 aromatic heterocycles. The second-order valence-corrected chi connectivity index (χ2v) is 7.06. The summed E-state index contributed by atoms with van der Waals surface area (Å²) in [7, 11) is 0. The highest BCUT2D eigenvalue weighted by atomic mass is 32.1. The fraction of sp³-hybridized carbons (Fsp3) is 0.412. The molecule has 2 aromatic rings. The van der Waals surface area contributed by atoms with E-state index in [1.807, 2.05) is 11.3 Å². The highest BCUT2D eigenvalue weighted by Crippen LogP contribution is 2.42. The van der Waals surface area contributed by atoms with Crippen molar-refractivity contribution in [1.82, 2.24) is 0 Å². The molecule has 0 saturated carbocycles. The Balaban J connectivity index is 1.49. The van der Waals surface area contributed by atoms with E-state index in [1.165, 1.54) is 41.7 Å². The number of hydrogen-bond donors (Lipinski definition) is 1. The third-order valence-corrected chi connectivity index (χ3v) is 6.00. The van der Waals surface area contributed by atoms with Crippen LogP contribution in [-0.2, 0) is 19.3 Å². The lowest BCUT2D eigenvalue weighted by Crippen LogP contribution is -2.22. The highest BCUT2D eigenvalue weighted by molar-refractivity contribution is 7.12. The zero-order chi connectivity index (χ0) is 12.8. The van der Waals surface area contributed by atoms with Crippen molar-refractivity contribution in [2.45, 2.75) is 44.1 Å². The summed E-state index contributed by atoms with van der Waals surface area (Å²) in [5.41, 5.74) is 11.1. The van der Waals surface area contributed by atoms with Gasteiger partial charge in [0.05, 0.1) is 0 Å². The first kappa shape index (κ1) is 11.7. The lowest BCUT2D eigenvalue weighted by molar-refractivity contribution is 0.502. The van der Waals surface area contributed by atoms with E-state index in [0.717, 1.165) is 6.42 Å². The Morgan fingerprint density at radius 3 is 2.95 bits per heavy atom. The Bertz CT molecular complexity index is 592. The summed E-state index contributed by atoms with van der Waals surface area (Å²) in [5, 5.41) is 0. The van der Waals surface area contributed by atoms with Crippen LogP contribution in [0.1, 0.15) is 51.2 Å². The van der Waals surface area contributed by atoms with Gasteiger partial charge in [-0.15, -0.1) is 11.3 Å². The summed E-state index contributed by atoms with van der Waals surface area (Å²) in [6.07, 6.45) is 6.21. The van der Waals surface area contributed by atoms with Gasteiger partial charge in [-0.3, -0.25) is 0 Å². The largest absolute Gasteiger partial charge is 0.323 e. The van der Waals surface area contributed by atoms with Crippen molar-refractivity contribution in [3.63, 3.8) is 0 Å². The summed E-state index contributed by atoms with van der Waals surface area (Å²) in [5.74, 6) is 0.683. The van der Waals surface area contributed by atoms with Gasteiger partial charge in [-0.2, -0.15) is 0 Å². The first-order valence-electron chi connectivity index (χ1n) is 7.26. The van der Waals surface area contributed by atoms with Crippen molar-refractivity contribution >= 4 is 11.3 Å². The van der Waals surface area contributed by atoms with E-state index in [4.69, 9.17) is 5.73 Å². The lowest BCUT2D eigenvalue weighted by Gasteiger charge is -2.31. The van der Waals surface area contributed by atoms with Crippen molar-refractivity contribution in [1.29, 1.82) is 0 Å². The monoisotopic (exact) mass is 269 g/mol. The van der Waals surface area contributed by atoms with Crippen molar-refractivity contribution in [2.24, 2.45) is 5.73 Å². The van der Waals surface area contributed by atoms with Crippen LogP contribution in [-0.4, -0.2) is 0 Å². The summed E-state index contributed by atoms with van der Waals surface area (Å²) in [6.45, 7) is 0. The van der Waals surface area contributed by atoms with Crippen LogP contribution in [0.4, 0.5) is 0 Å². The number of fused-ring (bicyclic) bond motifs is 2. The molecule has 0 fully saturated rings. The van der Waals surface area contributed by atoms with Gasteiger partial charge in [0.1, 0.15) is 0 Å². The number of aryl methyl sites for hydroxylation is 2. The van der Waals surface area contributed by atoms with Gasteiger partial charge in [-0.05, 0) is 60.8 Å². The van der Waals surface area contributed by atoms with Gasteiger partial charge in [0.2, 0.25) is 0 Å². The lowest BCUT2D eigenvalue weighted by atomic mass is 9.74. The Labute approximate surface area is 118 Å². The van der Waals surface area contributed by atoms with Crippen molar-refractivity contribution in [3.8, 4) is 0 Å². The quantitative estimate of drug-likeness (QED) is 0.896. The molecule has 2 aliphatic carbocycles. The van der Waals surface area contributed by atoms with Gasteiger partial charge in [-0.1, -0.05) is 24.3 Å². The predicted octanol–water partition coefficient (Wildman–Crippen LogP) is 3.97. The molecular formula is C17H19NS. The van der Waals surface area contributed by atoms with Gasteiger partial charge >= 0.3 is 0 Å². The van der Waals surface area contributed by atoms with Crippen molar-refractivity contribution < 1.29 is 0 Å². The molecule has 1 nitrogen and oxygen atoms in total. The molecule has 1 heterocycles. The molecule has 19 heavy (non-hydrogen) atoms. The van der Waals surface area contributed by atoms with Crippen LogP contribution in [0.25, 0.3) is 0 Å². The maximum absolute atomic E-state index is 6.43. The average molecular weight is 269 g/mol. The fourth-order valence-electron chi connectivity index (χ4n) is 3.53. The topological polar surface area (TPSA) is 26.0 Å². The predicted molar refractivity (Wildman–Crippen MR) is 80.8 cm³/mol. The van der Waals surface area contributed by atoms with E-state index in [2.05, 4.69) is 30.3 Å². The molecule has 0 spiro atoms. The molecule has 2 N–H and O–H groups in total. The zero-order valence-corrected chi connectivity index (χ0v) is 11.9. The summed E-state index contributed by atoms with van der Waals surface area (Å²) in [6, 6.07) is 11.4. The summed E-state index contributed by atoms with van der Waals surface area (Å²) < 4.78 is 0. The molecule has 2 unspecified atom stereocenters. The second-order valence-electron chi connectivity index (χ2n) is 5.89. The van der Waals surface area contributed by atoms with Crippen LogP contribution in [0.15, 0.2) is 30.3 Å². The number of rotatable bonds is 3. The minimum absolute atomic E-state index is 0.231. The van der Waals surface area contributed by atoms with Gasteiger partial charge in [0.15, 0.2) is 0 Å². The molecule has 0 aliphatic heterocycles. The van der Waals surface area contributed by atoms with E-state index in [9.17, 15) is 0 Å². The molecule has 0 bridgehead atoms. The van der Waals surface area contributed by atoms with E-state index < -0.39 is 0 Å². The van der Waals surface area contributed by atoms with Gasteiger partial charge < -0.3 is 5.73 Å². The standard InChI is InChI=1S/C17H19NS/c18-15(17-10-12-5-3-7-16(12)19-17)9-13-8-11-4-1-2-6-14(11)13/h1-2,4,6,10,13,15H,3,5,7-9,18H2. The Morgan fingerprint density at radius 1 is 1.21 bits per heavy atom.